The van der Waals surface area contributed by atoms with Crippen molar-refractivity contribution >= 4 is 17.5 Å². The van der Waals surface area contributed by atoms with Crippen molar-refractivity contribution in [3.05, 3.63) is 0 Å². The average molecular weight is 227 g/mol. The van der Waals surface area contributed by atoms with Crippen LogP contribution in [0.1, 0.15) is 33.1 Å². The summed E-state index contributed by atoms with van der Waals surface area (Å²) in [5.41, 5.74) is 0. The van der Waals surface area contributed by atoms with Crippen molar-refractivity contribution in [2.24, 2.45) is 0 Å². The normalized spacial score (nSPS) is 17.1. The summed E-state index contributed by atoms with van der Waals surface area (Å²) in [6.45, 7) is 6.19. The molecular weight excluding hydrogens is 210 g/mol. The van der Waals surface area contributed by atoms with Gasteiger partial charge in [0.1, 0.15) is 0 Å². The number of hydrogen-bond donors (Lipinski definition) is 0. The Hall–Kier alpha value is -0.840. The molecule has 0 bridgehead atoms. The number of nitrogens with zero attached hydrogens (tertiary/aromatic N) is 3. The Morgan fingerprint density at radius 2 is 1.93 bits per heavy atom. The van der Waals surface area contributed by atoms with Gasteiger partial charge in [-0.25, -0.2) is 0 Å². The Bertz CT molecular complexity index is 307. The number of ether oxygens (including phenoxy) is 1. The van der Waals surface area contributed by atoms with Crippen molar-refractivity contribution in [3.63, 3.8) is 0 Å². The summed E-state index contributed by atoms with van der Waals surface area (Å²) >= 11 is 1.24. The van der Waals surface area contributed by atoms with Crippen molar-refractivity contribution in [1.29, 1.82) is 0 Å². The number of anilines is 1. The molecule has 0 saturated carbocycles. The highest BCUT2D eigenvalue weighted by Crippen LogP contribution is 2.28. The molecular formula is C10H17N3OS. The van der Waals surface area contributed by atoms with Gasteiger partial charge < -0.3 is 9.64 Å². The number of piperidine rings is 1. The highest BCUT2D eigenvalue weighted by atomic mass is 32.1. The maximum atomic E-state index is 5.63. The molecule has 1 aromatic heterocycles. The zero-order valence-electron chi connectivity index (χ0n) is 9.27. The van der Waals surface area contributed by atoms with Crippen LogP contribution >= 0.6 is 11.7 Å². The van der Waals surface area contributed by atoms with E-state index in [4.69, 9.17) is 4.74 Å². The van der Waals surface area contributed by atoms with Crippen LogP contribution in [0.5, 0.6) is 5.88 Å². The first-order valence-electron chi connectivity index (χ1n) is 5.51. The fourth-order valence-electron chi connectivity index (χ4n) is 1.77. The first-order valence-corrected chi connectivity index (χ1v) is 6.24. The summed E-state index contributed by atoms with van der Waals surface area (Å²) in [7, 11) is 0. The molecule has 0 spiro atoms. The molecule has 0 unspecified atom stereocenters. The molecule has 0 aromatic carbocycles. The SMILES string of the molecule is CC(C)Oc1nsnc1N1CCCCC1. The summed E-state index contributed by atoms with van der Waals surface area (Å²) in [5, 5.41) is 0. The second-order valence-corrected chi connectivity index (χ2v) is 4.64. The molecule has 1 aliphatic rings. The van der Waals surface area contributed by atoms with Crippen LogP contribution in [0.15, 0.2) is 0 Å². The highest BCUT2D eigenvalue weighted by molar-refractivity contribution is 6.99. The van der Waals surface area contributed by atoms with Crippen molar-refractivity contribution in [2.45, 2.75) is 39.2 Å². The van der Waals surface area contributed by atoms with E-state index in [1.54, 1.807) is 0 Å². The van der Waals surface area contributed by atoms with Crippen LogP contribution in [0.25, 0.3) is 0 Å². The second kappa shape index (κ2) is 4.79. The molecule has 0 radical (unpaired) electrons. The third-order valence-corrected chi connectivity index (χ3v) is 2.95. The van der Waals surface area contributed by atoms with E-state index in [0.29, 0.717) is 5.88 Å². The lowest BCUT2D eigenvalue weighted by molar-refractivity contribution is 0.235. The highest BCUT2D eigenvalue weighted by Gasteiger charge is 2.19. The second-order valence-electron chi connectivity index (χ2n) is 4.11. The molecule has 0 aliphatic carbocycles. The van der Waals surface area contributed by atoms with E-state index in [1.807, 2.05) is 13.8 Å². The number of aromatic nitrogens is 2. The molecule has 0 atom stereocenters. The lowest BCUT2D eigenvalue weighted by Gasteiger charge is -2.26. The fourth-order valence-corrected chi connectivity index (χ4v) is 2.28. The van der Waals surface area contributed by atoms with E-state index in [2.05, 4.69) is 13.6 Å². The van der Waals surface area contributed by atoms with Crippen LogP contribution in [0.4, 0.5) is 5.82 Å². The average Bonchev–Trinajstić information content (AvgIpc) is 2.66. The van der Waals surface area contributed by atoms with Crippen molar-refractivity contribution < 1.29 is 4.74 Å². The predicted molar refractivity (Wildman–Crippen MR) is 61.7 cm³/mol. The molecule has 15 heavy (non-hydrogen) atoms. The van der Waals surface area contributed by atoms with E-state index in [9.17, 15) is 0 Å². The van der Waals surface area contributed by atoms with E-state index in [0.717, 1.165) is 18.9 Å². The van der Waals surface area contributed by atoms with Gasteiger partial charge in [-0.2, -0.15) is 4.37 Å². The minimum absolute atomic E-state index is 0.164. The number of hydrogen-bond acceptors (Lipinski definition) is 5. The minimum atomic E-state index is 0.164. The summed E-state index contributed by atoms with van der Waals surface area (Å²) in [6, 6.07) is 0. The number of rotatable bonds is 3. The topological polar surface area (TPSA) is 38.3 Å². The summed E-state index contributed by atoms with van der Waals surface area (Å²) in [5.74, 6) is 1.64. The predicted octanol–water partition coefficient (Wildman–Crippen LogP) is 2.32. The fraction of sp³-hybridized carbons (Fsp3) is 0.800. The van der Waals surface area contributed by atoms with Crippen molar-refractivity contribution in [2.75, 3.05) is 18.0 Å². The van der Waals surface area contributed by atoms with E-state index < -0.39 is 0 Å². The van der Waals surface area contributed by atoms with E-state index in [1.165, 1.54) is 31.0 Å². The molecule has 5 heteroatoms. The Morgan fingerprint density at radius 1 is 1.20 bits per heavy atom. The molecule has 1 aliphatic heterocycles. The third-order valence-electron chi connectivity index (χ3n) is 2.45. The Kier molecular flexibility index (Phi) is 3.41. The lowest BCUT2D eigenvalue weighted by atomic mass is 10.1. The van der Waals surface area contributed by atoms with E-state index in [-0.39, 0.29) is 6.10 Å². The molecule has 4 nitrogen and oxygen atoms in total. The standard InChI is InChI=1S/C10H17N3OS/c1-8(2)14-10-9(11-15-12-10)13-6-4-3-5-7-13/h8H,3-7H2,1-2H3. The maximum absolute atomic E-state index is 5.63. The molecule has 84 valence electrons. The van der Waals surface area contributed by atoms with Crippen molar-refractivity contribution in [1.82, 2.24) is 8.75 Å². The first-order chi connectivity index (χ1) is 7.27. The van der Waals surface area contributed by atoms with E-state index >= 15 is 0 Å². The van der Waals surface area contributed by atoms with Crippen LogP contribution in [0.2, 0.25) is 0 Å². The molecule has 0 N–H and O–H groups in total. The first kappa shape index (κ1) is 10.7. The van der Waals surface area contributed by atoms with Crippen molar-refractivity contribution in [3.8, 4) is 5.88 Å². The van der Waals surface area contributed by atoms with Gasteiger partial charge in [-0.15, -0.1) is 4.37 Å². The molecule has 0 amide bonds. The quantitative estimate of drug-likeness (QED) is 0.794. The summed E-state index contributed by atoms with van der Waals surface area (Å²) < 4.78 is 14.2. The van der Waals surface area contributed by atoms with Gasteiger partial charge in [0.25, 0.3) is 5.88 Å². The minimum Gasteiger partial charge on any atom is -0.472 e. The van der Waals surface area contributed by atoms with Gasteiger partial charge in [0.2, 0.25) is 5.82 Å². The van der Waals surface area contributed by atoms with Gasteiger partial charge >= 0.3 is 0 Å². The largest absolute Gasteiger partial charge is 0.472 e. The van der Waals surface area contributed by atoms with Crippen LogP contribution in [0.3, 0.4) is 0 Å². The van der Waals surface area contributed by atoms with Gasteiger partial charge in [-0.05, 0) is 33.1 Å². The third kappa shape index (κ3) is 2.59. The Morgan fingerprint density at radius 3 is 2.60 bits per heavy atom. The maximum Gasteiger partial charge on any atom is 0.271 e. The van der Waals surface area contributed by atoms with Gasteiger partial charge in [-0.3, -0.25) is 0 Å². The molecule has 2 rings (SSSR count). The Labute approximate surface area is 94.6 Å². The van der Waals surface area contributed by atoms with Crippen LogP contribution < -0.4 is 9.64 Å². The summed E-state index contributed by atoms with van der Waals surface area (Å²) in [6.07, 6.45) is 3.99. The smallest absolute Gasteiger partial charge is 0.271 e. The molecule has 2 heterocycles. The van der Waals surface area contributed by atoms with Crippen LogP contribution in [0, 0.1) is 0 Å². The molecule has 1 fully saturated rings. The van der Waals surface area contributed by atoms with Gasteiger partial charge in [0.05, 0.1) is 17.8 Å². The van der Waals surface area contributed by atoms with Gasteiger partial charge in [0, 0.05) is 13.1 Å². The lowest BCUT2D eigenvalue weighted by Crippen LogP contribution is -2.30. The van der Waals surface area contributed by atoms with Gasteiger partial charge in [-0.1, -0.05) is 0 Å². The van der Waals surface area contributed by atoms with Crippen LogP contribution in [-0.4, -0.2) is 27.9 Å². The summed E-state index contributed by atoms with van der Waals surface area (Å²) in [4.78, 5) is 2.28. The monoisotopic (exact) mass is 227 g/mol. The molecule has 1 aromatic rings. The molecule has 1 saturated heterocycles. The van der Waals surface area contributed by atoms with Crippen LogP contribution in [-0.2, 0) is 0 Å². The zero-order chi connectivity index (χ0) is 10.7. The zero-order valence-corrected chi connectivity index (χ0v) is 10.1. The Balaban J connectivity index is 2.09. The van der Waals surface area contributed by atoms with Gasteiger partial charge in [0.15, 0.2) is 0 Å².